The van der Waals surface area contributed by atoms with Crippen molar-refractivity contribution < 1.29 is 9.90 Å². The largest absolute Gasteiger partial charge is 0.481 e. The zero-order valence-electron chi connectivity index (χ0n) is 10.1. The Hall–Kier alpha value is -1.35. The normalized spacial score (nSPS) is 12.5. The third-order valence-electron chi connectivity index (χ3n) is 3.05. The molecule has 0 heterocycles. The third-order valence-corrected chi connectivity index (χ3v) is 3.05. The highest BCUT2D eigenvalue weighted by Gasteiger charge is 2.10. The predicted molar refractivity (Wildman–Crippen MR) is 64.5 cm³/mol. The van der Waals surface area contributed by atoms with E-state index in [1.165, 1.54) is 16.7 Å². The summed E-state index contributed by atoms with van der Waals surface area (Å²) in [4.78, 5) is 10.5. The quantitative estimate of drug-likeness (QED) is 0.821. The minimum atomic E-state index is -0.795. The molecule has 3 N–H and O–H groups in total. The first kappa shape index (κ1) is 12.7. The van der Waals surface area contributed by atoms with Gasteiger partial charge in [0.15, 0.2) is 0 Å². The van der Waals surface area contributed by atoms with Gasteiger partial charge in [0.25, 0.3) is 0 Å². The Balaban J connectivity index is 2.84. The van der Waals surface area contributed by atoms with Gasteiger partial charge in [-0.3, -0.25) is 4.79 Å². The van der Waals surface area contributed by atoms with Crippen LogP contribution in [0.5, 0.6) is 0 Å². The van der Waals surface area contributed by atoms with Crippen molar-refractivity contribution in [1.29, 1.82) is 0 Å². The van der Waals surface area contributed by atoms with Gasteiger partial charge in [-0.05, 0) is 49.4 Å². The van der Waals surface area contributed by atoms with E-state index < -0.39 is 5.97 Å². The molecule has 1 unspecified atom stereocenters. The van der Waals surface area contributed by atoms with E-state index in [1.54, 1.807) is 0 Å². The molecule has 0 radical (unpaired) electrons. The highest BCUT2D eigenvalue weighted by molar-refractivity contribution is 5.66. The van der Waals surface area contributed by atoms with Gasteiger partial charge in [0, 0.05) is 12.5 Å². The Morgan fingerprint density at radius 3 is 2.25 bits per heavy atom. The highest BCUT2D eigenvalue weighted by atomic mass is 16.4. The van der Waals surface area contributed by atoms with Crippen molar-refractivity contribution in [3.8, 4) is 0 Å². The molecule has 0 fully saturated rings. The van der Waals surface area contributed by atoms with Crippen molar-refractivity contribution in [1.82, 2.24) is 0 Å². The van der Waals surface area contributed by atoms with E-state index in [0.29, 0.717) is 6.42 Å². The van der Waals surface area contributed by atoms with Crippen LogP contribution >= 0.6 is 0 Å². The zero-order valence-corrected chi connectivity index (χ0v) is 10.1. The molecule has 0 aromatic heterocycles. The molecule has 1 rings (SSSR count). The molecule has 1 aromatic carbocycles. The molecule has 3 nitrogen and oxygen atoms in total. The van der Waals surface area contributed by atoms with E-state index >= 15 is 0 Å². The molecule has 0 spiro atoms. The lowest BCUT2D eigenvalue weighted by atomic mass is 9.95. The van der Waals surface area contributed by atoms with Crippen molar-refractivity contribution in [2.75, 3.05) is 0 Å². The number of rotatable bonds is 4. The summed E-state index contributed by atoms with van der Waals surface area (Å²) in [7, 11) is 0. The number of carboxylic acids is 1. The second kappa shape index (κ2) is 5.12. The smallest absolute Gasteiger partial charge is 0.303 e. The molecule has 0 saturated carbocycles. The molecule has 0 saturated heterocycles. The first-order valence-electron chi connectivity index (χ1n) is 5.47. The highest BCUT2D eigenvalue weighted by Crippen LogP contribution is 2.22. The lowest BCUT2D eigenvalue weighted by molar-refractivity contribution is -0.137. The van der Waals surface area contributed by atoms with Crippen LogP contribution in [0.25, 0.3) is 0 Å². The van der Waals surface area contributed by atoms with Crippen molar-refractivity contribution >= 4 is 5.97 Å². The maximum absolute atomic E-state index is 10.5. The van der Waals surface area contributed by atoms with Crippen LogP contribution in [0.3, 0.4) is 0 Å². The van der Waals surface area contributed by atoms with Crippen molar-refractivity contribution in [3.05, 3.63) is 34.4 Å². The maximum Gasteiger partial charge on any atom is 0.303 e. The minimum absolute atomic E-state index is 0.118. The second-order valence-corrected chi connectivity index (χ2v) is 4.32. The molecule has 16 heavy (non-hydrogen) atoms. The molecule has 0 aliphatic rings. The summed E-state index contributed by atoms with van der Waals surface area (Å²) in [6.45, 7) is 6.18. The van der Waals surface area contributed by atoms with Gasteiger partial charge in [-0.25, -0.2) is 0 Å². The van der Waals surface area contributed by atoms with Crippen LogP contribution in [0.2, 0.25) is 0 Å². The fraction of sp³-hybridized carbons (Fsp3) is 0.462. The van der Waals surface area contributed by atoms with E-state index in [1.807, 2.05) is 0 Å². The van der Waals surface area contributed by atoms with Gasteiger partial charge >= 0.3 is 5.97 Å². The van der Waals surface area contributed by atoms with Gasteiger partial charge in [0.05, 0.1) is 0 Å². The number of aryl methyl sites for hydroxylation is 2. The van der Waals surface area contributed by atoms with Gasteiger partial charge in [0.1, 0.15) is 0 Å². The van der Waals surface area contributed by atoms with Crippen molar-refractivity contribution in [2.45, 2.75) is 39.7 Å². The van der Waals surface area contributed by atoms with Gasteiger partial charge in [-0.15, -0.1) is 0 Å². The number of carbonyl (C=O) groups is 1. The Morgan fingerprint density at radius 2 is 1.81 bits per heavy atom. The summed E-state index contributed by atoms with van der Waals surface area (Å²) in [6.07, 6.45) is 0.602. The number of carboxylic acid groups (broad SMARTS) is 1. The fourth-order valence-electron chi connectivity index (χ4n) is 1.73. The van der Waals surface area contributed by atoms with Gasteiger partial charge in [-0.2, -0.15) is 0 Å². The van der Waals surface area contributed by atoms with Crippen LogP contribution in [-0.2, 0) is 4.79 Å². The first-order valence-corrected chi connectivity index (χ1v) is 5.47. The van der Waals surface area contributed by atoms with Gasteiger partial charge in [-0.1, -0.05) is 12.1 Å². The molecule has 0 amide bonds. The molecular weight excluding hydrogens is 202 g/mol. The summed E-state index contributed by atoms with van der Waals surface area (Å²) in [5.41, 5.74) is 10.7. The molecular formula is C13H19NO2. The zero-order chi connectivity index (χ0) is 12.3. The average Bonchev–Trinajstić information content (AvgIpc) is 2.21. The topological polar surface area (TPSA) is 63.3 Å². The first-order chi connectivity index (χ1) is 7.41. The number of hydrogen-bond acceptors (Lipinski definition) is 2. The number of benzene rings is 1. The number of aliphatic carboxylic acids is 1. The molecule has 1 aromatic rings. The summed E-state index contributed by atoms with van der Waals surface area (Å²) in [6, 6.07) is 3.91. The van der Waals surface area contributed by atoms with E-state index in [0.717, 1.165) is 5.56 Å². The molecule has 0 aliphatic carbocycles. The van der Waals surface area contributed by atoms with Crippen LogP contribution in [0.1, 0.15) is 41.1 Å². The van der Waals surface area contributed by atoms with E-state index in [4.69, 9.17) is 10.8 Å². The third kappa shape index (κ3) is 3.07. The lowest BCUT2D eigenvalue weighted by Crippen LogP contribution is -2.13. The average molecular weight is 221 g/mol. The van der Waals surface area contributed by atoms with Gasteiger partial charge in [0.2, 0.25) is 0 Å². The van der Waals surface area contributed by atoms with E-state index in [2.05, 4.69) is 32.9 Å². The van der Waals surface area contributed by atoms with Crippen LogP contribution in [0, 0.1) is 20.8 Å². The molecule has 88 valence electrons. The summed E-state index contributed by atoms with van der Waals surface area (Å²) < 4.78 is 0. The minimum Gasteiger partial charge on any atom is -0.481 e. The van der Waals surface area contributed by atoms with Crippen LogP contribution < -0.4 is 5.73 Å². The Kier molecular flexibility index (Phi) is 4.07. The monoisotopic (exact) mass is 221 g/mol. The van der Waals surface area contributed by atoms with E-state index in [9.17, 15) is 4.79 Å². The fourth-order valence-corrected chi connectivity index (χ4v) is 1.73. The van der Waals surface area contributed by atoms with Crippen LogP contribution in [0.15, 0.2) is 12.1 Å². The van der Waals surface area contributed by atoms with Crippen molar-refractivity contribution in [3.63, 3.8) is 0 Å². The Bertz CT molecular complexity index is 376. The Labute approximate surface area is 96.3 Å². The van der Waals surface area contributed by atoms with Gasteiger partial charge < -0.3 is 10.8 Å². The SMILES string of the molecule is Cc1cc(C(N)CCC(=O)O)cc(C)c1C. The molecule has 0 aliphatic heterocycles. The standard InChI is InChI=1S/C13H19NO2/c1-8-6-11(7-9(2)10(8)3)12(14)4-5-13(15)16/h6-7,12H,4-5,14H2,1-3H3,(H,15,16). The van der Waals surface area contributed by atoms with Crippen LogP contribution in [-0.4, -0.2) is 11.1 Å². The van der Waals surface area contributed by atoms with Crippen molar-refractivity contribution in [2.24, 2.45) is 5.73 Å². The number of hydrogen-bond donors (Lipinski definition) is 2. The second-order valence-electron chi connectivity index (χ2n) is 4.32. The lowest BCUT2D eigenvalue weighted by Gasteiger charge is -2.14. The maximum atomic E-state index is 10.5. The molecule has 3 heteroatoms. The van der Waals surface area contributed by atoms with Crippen LogP contribution in [0.4, 0.5) is 0 Å². The Morgan fingerprint density at radius 1 is 1.31 bits per heavy atom. The summed E-state index contributed by atoms with van der Waals surface area (Å²) in [5.74, 6) is -0.795. The number of nitrogens with two attached hydrogens (primary N) is 1. The predicted octanol–water partition coefficient (Wildman–Crippen LogP) is 2.48. The summed E-state index contributed by atoms with van der Waals surface area (Å²) in [5, 5.41) is 8.61. The molecule has 1 atom stereocenters. The molecule has 0 bridgehead atoms. The summed E-state index contributed by atoms with van der Waals surface area (Å²) >= 11 is 0. The van der Waals surface area contributed by atoms with E-state index in [-0.39, 0.29) is 12.5 Å².